The number of hydrogen-bond donors (Lipinski definition) is 0. The molecule has 1 aliphatic carbocycles. The van der Waals surface area contributed by atoms with Gasteiger partial charge in [0, 0.05) is 22.9 Å². The van der Waals surface area contributed by atoms with Gasteiger partial charge in [-0.25, -0.2) is 0 Å². The van der Waals surface area contributed by atoms with E-state index in [9.17, 15) is 0 Å². The van der Waals surface area contributed by atoms with Crippen molar-refractivity contribution in [2.24, 2.45) is 11.8 Å². The van der Waals surface area contributed by atoms with Crippen molar-refractivity contribution in [1.29, 1.82) is 0 Å². The molecule has 2 rings (SSSR count). The Morgan fingerprint density at radius 2 is 2.44 bits per heavy atom. The largest absolute Gasteiger partial charge is 0.356 e. The standard InChI is InChI=1S/C6H9IO2/c1-8-6-4-3(2-9-6)5(4)7/h3-6H,2H2,1H3/t3-,4+,5-,6-/m0/s1. The van der Waals surface area contributed by atoms with Gasteiger partial charge in [-0.3, -0.25) is 0 Å². The second-order valence-electron chi connectivity index (χ2n) is 2.62. The van der Waals surface area contributed by atoms with E-state index in [1.54, 1.807) is 7.11 Å². The van der Waals surface area contributed by atoms with E-state index >= 15 is 0 Å². The average Bonchev–Trinajstić information content (AvgIpc) is 2.41. The zero-order valence-corrected chi connectivity index (χ0v) is 7.37. The van der Waals surface area contributed by atoms with E-state index in [1.165, 1.54) is 0 Å². The number of rotatable bonds is 1. The fourth-order valence-electron chi connectivity index (χ4n) is 1.45. The summed E-state index contributed by atoms with van der Waals surface area (Å²) in [5.74, 6) is 1.51. The minimum atomic E-state index is 0.108. The highest BCUT2D eigenvalue weighted by molar-refractivity contribution is 14.1. The van der Waals surface area contributed by atoms with Crippen molar-refractivity contribution < 1.29 is 9.47 Å². The lowest BCUT2D eigenvalue weighted by Crippen LogP contribution is -2.15. The van der Waals surface area contributed by atoms with E-state index in [0.717, 1.165) is 16.4 Å². The van der Waals surface area contributed by atoms with Crippen molar-refractivity contribution in [2.45, 2.75) is 10.2 Å². The molecule has 0 N–H and O–H groups in total. The lowest BCUT2D eigenvalue weighted by atomic mass is 10.4. The smallest absolute Gasteiger partial charge is 0.161 e. The van der Waals surface area contributed by atoms with Gasteiger partial charge in [0.1, 0.15) is 0 Å². The third kappa shape index (κ3) is 0.816. The molecule has 0 aromatic rings. The molecule has 0 bridgehead atoms. The summed E-state index contributed by atoms with van der Waals surface area (Å²) in [5.41, 5.74) is 0. The minimum Gasteiger partial charge on any atom is -0.356 e. The Labute approximate surface area is 68.0 Å². The Morgan fingerprint density at radius 3 is 2.78 bits per heavy atom. The summed E-state index contributed by atoms with van der Waals surface area (Å²) >= 11 is 2.47. The van der Waals surface area contributed by atoms with Crippen LogP contribution in [0.1, 0.15) is 0 Å². The quantitative estimate of drug-likeness (QED) is 0.503. The summed E-state index contributed by atoms with van der Waals surface area (Å²) in [6, 6.07) is 0. The zero-order valence-electron chi connectivity index (χ0n) is 5.21. The van der Waals surface area contributed by atoms with Gasteiger partial charge in [-0.1, -0.05) is 22.6 Å². The molecule has 1 saturated carbocycles. The Bertz CT molecular complexity index is 128. The molecule has 1 saturated heterocycles. The van der Waals surface area contributed by atoms with Gasteiger partial charge < -0.3 is 9.47 Å². The van der Waals surface area contributed by atoms with Crippen LogP contribution in [0, 0.1) is 11.8 Å². The highest BCUT2D eigenvalue weighted by atomic mass is 127. The van der Waals surface area contributed by atoms with Crippen LogP contribution in [0.5, 0.6) is 0 Å². The molecule has 4 atom stereocenters. The van der Waals surface area contributed by atoms with Gasteiger partial charge in [0.2, 0.25) is 0 Å². The van der Waals surface area contributed by atoms with E-state index in [-0.39, 0.29) is 6.29 Å². The monoisotopic (exact) mass is 240 g/mol. The molecule has 1 aliphatic heterocycles. The number of alkyl halides is 1. The van der Waals surface area contributed by atoms with Crippen molar-refractivity contribution in [3.8, 4) is 0 Å². The Morgan fingerprint density at radius 1 is 1.67 bits per heavy atom. The second-order valence-corrected chi connectivity index (χ2v) is 4.06. The molecular formula is C6H9IO2. The van der Waals surface area contributed by atoms with Crippen LogP contribution in [0.4, 0.5) is 0 Å². The van der Waals surface area contributed by atoms with Crippen LogP contribution >= 0.6 is 22.6 Å². The van der Waals surface area contributed by atoms with E-state index in [1.807, 2.05) is 0 Å². The van der Waals surface area contributed by atoms with Crippen molar-refractivity contribution in [3.05, 3.63) is 0 Å². The van der Waals surface area contributed by atoms with Crippen LogP contribution in [0.25, 0.3) is 0 Å². The first kappa shape index (κ1) is 6.37. The molecule has 2 nitrogen and oxygen atoms in total. The summed E-state index contributed by atoms with van der Waals surface area (Å²) in [6.45, 7) is 0.913. The number of ether oxygens (including phenoxy) is 2. The molecule has 2 aliphatic rings. The first-order chi connectivity index (χ1) is 4.34. The maximum absolute atomic E-state index is 5.31. The van der Waals surface area contributed by atoms with Crippen LogP contribution in [0.3, 0.4) is 0 Å². The summed E-state index contributed by atoms with van der Waals surface area (Å²) < 4.78 is 11.2. The fourth-order valence-corrected chi connectivity index (χ4v) is 2.77. The fraction of sp³-hybridized carbons (Fsp3) is 1.00. The molecule has 0 amide bonds. The minimum absolute atomic E-state index is 0.108. The van der Waals surface area contributed by atoms with Crippen molar-refractivity contribution in [2.75, 3.05) is 13.7 Å². The number of fused-ring (bicyclic) bond motifs is 1. The molecule has 0 aromatic carbocycles. The van der Waals surface area contributed by atoms with Gasteiger partial charge in [-0.05, 0) is 0 Å². The summed E-state index contributed by atoms with van der Waals surface area (Å²) in [5, 5.41) is 0. The molecule has 9 heavy (non-hydrogen) atoms. The molecule has 0 unspecified atom stereocenters. The normalized spacial score (nSPS) is 55.3. The van der Waals surface area contributed by atoms with Crippen molar-refractivity contribution in [3.63, 3.8) is 0 Å². The molecule has 0 radical (unpaired) electrons. The first-order valence-corrected chi connectivity index (χ1v) is 4.37. The zero-order chi connectivity index (χ0) is 6.43. The van der Waals surface area contributed by atoms with Gasteiger partial charge >= 0.3 is 0 Å². The summed E-state index contributed by atoms with van der Waals surface area (Å²) in [4.78, 5) is 0. The van der Waals surface area contributed by atoms with Gasteiger partial charge in [-0.15, -0.1) is 0 Å². The molecule has 2 fully saturated rings. The molecule has 0 aromatic heterocycles. The second kappa shape index (κ2) is 2.07. The molecule has 52 valence electrons. The average molecular weight is 240 g/mol. The topological polar surface area (TPSA) is 18.5 Å². The summed E-state index contributed by atoms with van der Waals surface area (Å²) in [6.07, 6.45) is 0.108. The van der Waals surface area contributed by atoms with Crippen molar-refractivity contribution in [1.82, 2.24) is 0 Å². The Balaban J connectivity index is 1.99. The summed E-state index contributed by atoms with van der Waals surface area (Å²) in [7, 11) is 1.72. The van der Waals surface area contributed by atoms with Gasteiger partial charge in [0.25, 0.3) is 0 Å². The van der Waals surface area contributed by atoms with Gasteiger partial charge in [0.15, 0.2) is 6.29 Å². The van der Waals surface area contributed by atoms with E-state index in [2.05, 4.69) is 22.6 Å². The number of methoxy groups -OCH3 is 1. The van der Waals surface area contributed by atoms with E-state index in [4.69, 9.17) is 9.47 Å². The van der Waals surface area contributed by atoms with Crippen LogP contribution in [0.15, 0.2) is 0 Å². The molecule has 0 spiro atoms. The van der Waals surface area contributed by atoms with E-state index in [0.29, 0.717) is 5.92 Å². The highest BCUT2D eigenvalue weighted by Gasteiger charge is 2.58. The predicted molar refractivity (Wildman–Crippen MR) is 41.5 cm³/mol. The number of hydrogen-bond acceptors (Lipinski definition) is 2. The SMILES string of the molecule is CO[C@H]1OC[C@@H]2[C@H](I)[C@H]12. The maximum Gasteiger partial charge on any atom is 0.161 e. The molecular weight excluding hydrogens is 231 g/mol. The van der Waals surface area contributed by atoms with Crippen LogP contribution in [-0.2, 0) is 9.47 Å². The van der Waals surface area contributed by atoms with Gasteiger partial charge in [-0.2, -0.15) is 0 Å². The maximum atomic E-state index is 5.31. The van der Waals surface area contributed by atoms with E-state index < -0.39 is 0 Å². The number of halogens is 1. The third-order valence-electron chi connectivity index (χ3n) is 2.13. The Kier molecular flexibility index (Phi) is 1.46. The lowest BCUT2D eigenvalue weighted by Gasteiger charge is -2.09. The third-order valence-corrected chi connectivity index (χ3v) is 3.88. The predicted octanol–water partition coefficient (Wildman–Crippen LogP) is 1.04. The van der Waals surface area contributed by atoms with Crippen molar-refractivity contribution >= 4 is 22.6 Å². The van der Waals surface area contributed by atoms with Gasteiger partial charge in [0.05, 0.1) is 6.61 Å². The molecule has 3 heteroatoms. The van der Waals surface area contributed by atoms with Crippen LogP contribution in [-0.4, -0.2) is 23.9 Å². The first-order valence-electron chi connectivity index (χ1n) is 3.13. The lowest BCUT2D eigenvalue weighted by molar-refractivity contribution is -0.107. The Hall–Kier alpha value is 0.650. The van der Waals surface area contributed by atoms with Crippen LogP contribution < -0.4 is 0 Å². The molecule has 1 heterocycles. The highest BCUT2D eigenvalue weighted by Crippen LogP contribution is 2.53. The van der Waals surface area contributed by atoms with Crippen LogP contribution in [0.2, 0.25) is 0 Å².